The molecule has 1 fully saturated rings. The lowest BCUT2D eigenvalue weighted by atomic mass is 9.99. The number of nitrogens with one attached hydrogen (secondary N) is 1. The predicted molar refractivity (Wildman–Crippen MR) is 149 cm³/mol. The molecule has 10 heteroatoms. The van der Waals surface area contributed by atoms with E-state index in [1.54, 1.807) is 13.3 Å². The van der Waals surface area contributed by atoms with Gasteiger partial charge >= 0.3 is 0 Å². The van der Waals surface area contributed by atoms with Gasteiger partial charge < -0.3 is 36.3 Å². The zero-order chi connectivity index (χ0) is 26.8. The number of nitrogen functional groups attached to an aromatic ring is 2. The van der Waals surface area contributed by atoms with Crippen molar-refractivity contribution in [2.45, 2.75) is 77.8 Å². The summed E-state index contributed by atoms with van der Waals surface area (Å²) in [6, 6.07) is 6.64. The van der Waals surface area contributed by atoms with E-state index < -0.39 is 0 Å². The van der Waals surface area contributed by atoms with Gasteiger partial charge in [-0.25, -0.2) is 4.98 Å². The Morgan fingerprint density at radius 3 is 2.65 bits per heavy atom. The topological polar surface area (TPSA) is 144 Å². The lowest BCUT2D eigenvalue weighted by Gasteiger charge is -2.32. The fourth-order valence-corrected chi connectivity index (χ4v) is 4.72. The molecule has 1 aliphatic heterocycles. The van der Waals surface area contributed by atoms with E-state index in [2.05, 4.69) is 53.2 Å². The third-order valence-electron chi connectivity index (χ3n) is 6.54. The molecule has 0 saturated carbocycles. The summed E-state index contributed by atoms with van der Waals surface area (Å²) in [7, 11) is 1.67. The van der Waals surface area contributed by atoms with Gasteiger partial charge in [0.15, 0.2) is 5.82 Å². The monoisotopic (exact) mass is 513 g/mol. The highest BCUT2D eigenvalue weighted by molar-refractivity contribution is 5.89. The summed E-state index contributed by atoms with van der Waals surface area (Å²) in [5, 5.41) is 13.1. The molecule has 0 bridgehead atoms. The zero-order valence-corrected chi connectivity index (χ0v) is 22.6. The number of hydrogen-bond donors (Lipinski definition) is 4. The van der Waals surface area contributed by atoms with Gasteiger partial charge in [0, 0.05) is 37.5 Å². The van der Waals surface area contributed by atoms with Gasteiger partial charge in [0.05, 0.1) is 32.5 Å². The van der Waals surface area contributed by atoms with E-state index in [-0.39, 0.29) is 24.8 Å². The Morgan fingerprint density at radius 2 is 1.97 bits per heavy atom. The van der Waals surface area contributed by atoms with Gasteiger partial charge in [-0.3, -0.25) is 4.99 Å². The van der Waals surface area contributed by atoms with Crippen LogP contribution in [0.15, 0.2) is 23.2 Å². The second-order valence-electron chi connectivity index (χ2n) is 9.69. The van der Waals surface area contributed by atoms with E-state index in [1.807, 2.05) is 11.0 Å². The Balaban J connectivity index is 1.68. The molecule has 0 radical (unpaired) electrons. The normalized spacial score (nSPS) is 19.9. The molecule has 10 nitrogen and oxygen atoms in total. The highest BCUT2D eigenvalue weighted by atomic mass is 16.5. The standard InChI is InChI=1S/C27H43N7O3/c1-5-6-9-34(10-11-35)26-25(28)23(32-27(29)33-26)17-30-16-21-8-7-20(14-24(21)36-4)15-31-22-12-18(2)37-19(3)13-22/h7-8,14,17-19,22,31,35H,5-6,9-13,15-16,28H2,1-4H3,(H2,29,32,33). The SMILES string of the molecule is CCCCN(CCO)c1nc(N)nc(C=NCc2ccc(CNC3CC(C)OC(C)C3)cc2OC)c1N. The number of aliphatic hydroxyl groups excluding tert-OH is 1. The van der Waals surface area contributed by atoms with E-state index in [1.165, 1.54) is 0 Å². The molecule has 3 rings (SSSR count). The second-order valence-corrected chi connectivity index (χ2v) is 9.69. The molecule has 1 aromatic carbocycles. The fraction of sp³-hybridized carbons (Fsp3) is 0.593. The Hall–Kier alpha value is -2.95. The molecule has 2 unspecified atom stereocenters. The molecule has 1 aliphatic rings. The second kappa shape index (κ2) is 14.1. The maximum absolute atomic E-state index is 9.48. The summed E-state index contributed by atoms with van der Waals surface area (Å²) in [6.45, 7) is 8.68. The minimum absolute atomic E-state index is 0.00485. The van der Waals surface area contributed by atoms with Crippen molar-refractivity contribution in [1.29, 1.82) is 0 Å². The fourth-order valence-electron chi connectivity index (χ4n) is 4.72. The first kappa shape index (κ1) is 28.6. The van der Waals surface area contributed by atoms with Crippen molar-refractivity contribution < 1.29 is 14.6 Å². The highest BCUT2D eigenvalue weighted by Crippen LogP contribution is 2.25. The van der Waals surface area contributed by atoms with Crippen LogP contribution in [0.25, 0.3) is 0 Å². The van der Waals surface area contributed by atoms with Crippen molar-refractivity contribution in [2.75, 3.05) is 43.2 Å². The molecule has 1 saturated heterocycles. The average molecular weight is 514 g/mol. The number of anilines is 3. The first-order chi connectivity index (χ1) is 17.8. The molecule has 2 atom stereocenters. The maximum Gasteiger partial charge on any atom is 0.222 e. The Morgan fingerprint density at radius 1 is 1.22 bits per heavy atom. The number of nitrogens with zero attached hydrogens (tertiary/aromatic N) is 4. The van der Waals surface area contributed by atoms with Gasteiger partial charge in [-0.2, -0.15) is 4.98 Å². The summed E-state index contributed by atoms with van der Waals surface area (Å²) >= 11 is 0. The molecule has 37 heavy (non-hydrogen) atoms. The summed E-state index contributed by atoms with van der Waals surface area (Å²) in [4.78, 5) is 15.1. The lowest BCUT2D eigenvalue weighted by Crippen LogP contribution is -2.40. The number of unbranched alkanes of at least 4 members (excludes halogenated alkanes) is 1. The third-order valence-corrected chi connectivity index (χ3v) is 6.54. The average Bonchev–Trinajstić information content (AvgIpc) is 2.87. The summed E-state index contributed by atoms with van der Waals surface area (Å²) in [5.74, 6) is 1.43. The van der Waals surface area contributed by atoms with Gasteiger partial charge in [0.2, 0.25) is 5.95 Å². The van der Waals surface area contributed by atoms with Gasteiger partial charge in [-0.05, 0) is 44.7 Å². The van der Waals surface area contributed by atoms with Crippen LogP contribution in [0, 0.1) is 0 Å². The molecule has 0 amide bonds. The van der Waals surface area contributed by atoms with Crippen LogP contribution < -0.4 is 26.4 Å². The smallest absolute Gasteiger partial charge is 0.222 e. The van der Waals surface area contributed by atoms with E-state index in [9.17, 15) is 5.11 Å². The van der Waals surface area contributed by atoms with Gasteiger partial charge in [-0.1, -0.05) is 25.5 Å². The minimum Gasteiger partial charge on any atom is -0.496 e. The van der Waals surface area contributed by atoms with Crippen molar-refractivity contribution in [2.24, 2.45) is 4.99 Å². The summed E-state index contributed by atoms with van der Waals surface area (Å²) < 4.78 is 11.5. The number of hydrogen-bond acceptors (Lipinski definition) is 10. The van der Waals surface area contributed by atoms with Crippen molar-refractivity contribution in [3.8, 4) is 5.75 Å². The van der Waals surface area contributed by atoms with Gasteiger partial charge in [0.25, 0.3) is 0 Å². The number of aliphatic imine (C=N–C) groups is 1. The number of aliphatic hydroxyl groups is 1. The van der Waals surface area contributed by atoms with E-state index >= 15 is 0 Å². The van der Waals surface area contributed by atoms with Crippen LogP contribution in [-0.4, -0.2) is 66.3 Å². The van der Waals surface area contributed by atoms with Crippen LogP contribution in [0.2, 0.25) is 0 Å². The number of aromatic nitrogens is 2. The molecule has 1 aromatic heterocycles. The molecule has 6 N–H and O–H groups in total. The van der Waals surface area contributed by atoms with Crippen LogP contribution in [0.5, 0.6) is 5.75 Å². The number of methoxy groups -OCH3 is 1. The van der Waals surface area contributed by atoms with Crippen LogP contribution in [0.1, 0.15) is 63.3 Å². The number of benzene rings is 1. The molecule has 0 aliphatic carbocycles. The number of rotatable bonds is 13. The van der Waals surface area contributed by atoms with E-state index in [0.29, 0.717) is 36.3 Å². The molecule has 204 valence electrons. The lowest BCUT2D eigenvalue weighted by molar-refractivity contribution is -0.0422. The van der Waals surface area contributed by atoms with Crippen molar-refractivity contribution in [3.05, 3.63) is 35.0 Å². The molecule has 2 heterocycles. The zero-order valence-electron chi connectivity index (χ0n) is 22.6. The van der Waals surface area contributed by atoms with Crippen LogP contribution in [-0.2, 0) is 17.8 Å². The minimum atomic E-state index is -0.00485. The Bertz CT molecular complexity index is 1020. The van der Waals surface area contributed by atoms with Crippen molar-refractivity contribution in [1.82, 2.24) is 15.3 Å². The largest absolute Gasteiger partial charge is 0.496 e. The first-order valence-electron chi connectivity index (χ1n) is 13.2. The number of ether oxygens (including phenoxy) is 2. The van der Waals surface area contributed by atoms with Gasteiger partial charge in [0.1, 0.15) is 17.1 Å². The molecule has 2 aromatic rings. The first-order valence-corrected chi connectivity index (χ1v) is 13.2. The summed E-state index contributed by atoms with van der Waals surface area (Å²) in [6.07, 6.45) is 6.18. The van der Waals surface area contributed by atoms with Crippen molar-refractivity contribution in [3.63, 3.8) is 0 Å². The number of nitrogens with two attached hydrogens (primary N) is 2. The maximum atomic E-state index is 9.48. The van der Waals surface area contributed by atoms with Gasteiger partial charge in [-0.15, -0.1) is 0 Å². The third kappa shape index (κ3) is 8.28. The van der Waals surface area contributed by atoms with Crippen molar-refractivity contribution >= 4 is 23.7 Å². The van der Waals surface area contributed by atoms with Crippen LogP contribution >= 0.6 is 0 Å². The molecular weight excluding hydrogens is 470 g/mol. The predicted octanol–water partition coefficient (Wildman–Crippen LogP) is 2.91. The quantitative estimate of drug-likeness (QED) is 0.297. The summed E-state index contributed by atoms with van der Waals surface area (Å²) in [5.41, 5.74) is 15.3. The Kier molecular flexibility index (Phi) is 10.9. The molecular formula is C27H43N7O3. The highest BCUT2D eigenvalue weighted by Gasteiger charge is 2.24. The Labute approximate surface area is 220 Å². The van der Waals surface area contributed by atoms with Crippen LogP contribution in [0.4, 0.5) is 17.5 Å². The van der Waals surface area contributed by atoms with E-state index in [4.69, 9.17) is 20.9 Å². The van der Waals surface area contributed by atoms with Crippen LogP contribution in [0.3, 0.4) is 0 Å². The van der Waals surface area contributed by atoms with E-state index in [0.717, 1.165) is 55.6 Å². The molecule has 0 spiro atoms.